The van der Waals surface area contributed by atoms with E-state index in [1.807, 2.05) is 0 Å². The molecule has 0 aliphatic rings. The molecule has 1 atom stereocenters. The molecule has 0 saturated carbocycles. The van der Waals surface area contributed by atoms with Crippen molar-refractivity contribution in [2.45, 2.75) is 11.3 Å². The van der Waals surface area contributed by atoms with E-state index < -0.39 is 9.84 Å². The maximum atomic E-state index is 11.7. The van der Waals surface area contributed by atoms with Crippen LogP contribution in [0.3, 0.4) is 0 Å². The van der Waals surface area contributed by atoms with E-state index in [-0.39, 0.29) is 16.0 Å². The van der Waals surface area contributed by atoms with E-state index in [0.717, 1.165) is 11.3 Å². The summed E-state index contributed by atoms with van der Waals surface area (Å²) < 4.78 is 24.1. The third-order valence-electron chi connectivity index (χ3n) is 1.49. The first-order chi connectivity index (χ1) is 6.45. The van der Waals surface area contributed by atoms with Crippen molar-refractivity contribution in [3.63, 3.8) is 0 Å². The van der Waals surface area contributed by atoms with Crippen LogP contribution in [0.1, 0.15) is 6.92 Å². The van der Waals surface area contributed by atoms with E-state index in [1.54, 1.807) is 12.3 Å². The van der Waals surface area contributed by atoms with Crippen LogP contribution in [0.25, 0.3) is 0 Å². The van der Waals surface area contributed by atoms with E-state index in [1.165, 1.54) is 0 Å². The summed E-state index contributed by atoms with van der Waals surface area (Å²) in [6, 6.07) is 0. The molecule has 1 rings (SSSR count). The summed E-state index contributed by atoms with van der Waals surface area (Å²) in [5, 5.41) is 1.65. The first kappa shape index (κ1) is 12.4. The molecule has 0 spiro atoms. The Morgan fingerprint density at radius 1 is 1.71 bits per heavy atom. The number of alkyl halides is 1. The van der Waals surface area contributed by atoms with E-state index in [0.29, 0.717) is 10.5 Å². The Hall–Kier alpha value is 0.350. The molecule has 0 fully saturated rings. The van der Waals surface area contributed by atoms with Gasteiger partial charge in [-0.3, -0.25) is 0 Å². The predicted molar refractivity (Wildman–Crippen MR) is 61.8 cm³/mol. The lowest BCUT2D eigenvalue weighted by Crippen LogP contribution is -2.14. The molecular formula is C7H9BrClNO2S2. The summed E-state index contributed by atoms with van der Waals surface area (Å²) in [4.78, 5) is 3.87. The van der Waals surface area contributed by atoms with Crippen LogP contribution in [0.5, 0.6) is 0 Å². The average Bonchev–Trinajstić information content (AvgIpc) is 2.51. The van der Waals surface area contributed by atoms with E-state index in [2.05, 4.69) is 20.9 Å². The van der Waals surface area contributed by atoms with Crippen molar-refractivity contribution in [1.82, 2.24) is 4.98 Å². The second kappa shape index (κ2) is 4.92. The van der Waals surface area contributed by atoms with Crippen LogP contribution in [0.2, 0.25) is 0 Å². The fraction of sp³-hybridized carbons (Fsp3) is 0.571. The van der Waals surface area contributed by atoms with Gasteiger partial charge in [0.05, 0.1) is 5.75 Å². The zero-order chi connectivity index (χ0) is 10.8. The van der Waals surface area contributed by atoms with Crippen molar-refractivity contribution in [3.8, 4) is 0 Å². The van der Waals surface area contributed by atoms with Crippen LogP contribution in [0, 0.1) is 5.92 Å². The lowest BCUT2D eigenvalue weighted by Gasteiger charge is -2.05. The largest absolute Gasteiger partial charge is 0.221 e. The zero-order valence-corrected chi connectivity index (χ0v) is 11.4. The SMILES string of the molecule is CC(CCl)CS(=O)(=O)c1nc(Br)cs1. The molecular weight excluding hydrogens is 310 g/mol. The zero-order valence-electron chi connectivity index (χ0n) is 7.41. The van der Waals surface area contributed by atoms with Gasteiger partial charge in [-0.15, -0.1) is 22.9 Å². The van der Waals surface area contributed by atoms with Crippen LogP contribution in [-0.2, 0) is 9.84 Å². The highest BCUT2D eigenvalue weighted by Crippen LogP contribution is 2.22. The fourth-order valence-electron chi connectivity index (χ4n) is 0.872. The molecule has 7 heteroatoms. The van der Waals surface area contributed by atoms with Crippen LogP contribution in [0.15, 0.2) is 14.3 Å². The van der Waals surface area contributed by atoms with Crippen molar-refractivity contribution in [1.29, 1.82) is 0 Å². The topological polar surface area (TPSA) is 47.0 Å². The van der Waals surface area contributed by atoms with Gasteiger partial charge in [0.2, 0.25) is 14.2 Å². The standard InChI is InChI=1S/C7H9BrClNO2S2/c1-5(2-9)4-14(11,12)7-10-6(8)3-13-7/h3,5H,2,4H2,1H3. The molecule has 0 saturated heterocycles. The van der Waals surface area contributed by atoms with Gasteiger partial charge in [0, 0.05) is 11.3 Å². The van der Waals surface area contributed by atoms with Gasteiger partial charge < -0.3 is 0 Å². The molecule has 0 N–H and O–H groups in total. The van der Waals surface area contributed by atoms with Crippen LogP contribution in [0.4, 0.5) is 0 Å². The molecule has 1 unspecified atom stereocenters. The predicted octanol–water partition coefficient (Wildman–Crippen LogP) is 2.55. The smallest absolute Gasteiger partial charge is 0.210 e. The highest BCUT2D eigenvalue weighted by Gasteiger charge is 2.21. The molecule has 0 amide bonds. The lowest BCUT2D eigenvalue weighted by atomic mass is 10.3. The van der Waals surface area contributed by atoms with Gasteiger partial charge in [0.25, 0.3) is 0 Å². The molecule has 1 aromatic rings. The van der Waals surface area contributed by atoms with Gasteiger partial charge in [0.1, 0.15) is 4.60 Å². The maximum absolute atomic E-state index is 11.7. The van der Waals surface area contributed by atoms with Gasteiger partial charge in [-0.1, -0.05) is 6.92 Å². The Labute approximate surface area is 101 Å². The molecule has 3 nitrogen and oxygen atoms in total. The highest BCUT2D eigenvalue weighted by atomic mass is 79.9. The molecule has 0 aliphatic carbocycles. The van der Waals surface area contributed by atoms with Crippen molar-refractivity contribution >= 4 is 48.7 Å². The Kier molecular flexibility index (Phi) is 4.36. The molecule has 0 bridgehead atoms. The second-order valence-electron chi connectivity index (χ2n) is 2.98. The van der Waals surface area contributed by atoms with Crippen molar-refractivity contribution < 1.29 is 8.42 Å². The number of thiazole rings is 1. The number of nitrogens with zero attached hydrogens (tertiary/aromatic N) is 1. The second-order valence-corrected chi connectivity index (χ2v) is 7.16. The molecule has 80 valence electrons. The van der Waals surface area contributed by atoms with E-state index in [9.17, 15) is 8.42 Å². The van der Waals surface area contributed by atoms with Crippen molar-refractivity contribution in [2.24, 2.45) is 5.92 Å². The normalized spacial score (nSPS) is 14.2. The third-order valence-corrected chi connectivity index (χ3v) is 6.04. The number of sulfone groups is 1. The van der Waals surface area contributed by atoms with E-state index in [4.69, 9.17) is 11.6 Å². The summed E-state index contributed by atoms with van der Waals surface area (Å²) in [7, 11) is -3.26. The Bertz CT molecular complexity index is 404. The number of rotatable bonds is 4. The van der Waals surface area contributed by atoms with Gasteiger partial charge in [0.15, 0.2) is 0 Å². The summed E-state index contributed by atoms with van der Waals surface area (Å²) in [6.07, 6.45) is 0. The summed E-state index contributed by atoms with van der Waals surface area (Å²) in [6.45, 7) is 1.80. The lowest BCUT2D eigenvalue weighted by molar-refractivity contribution is 0.582. The quantitative estimate of drug-likeness (QED) is 0.802. The Balaban J connectivity index is 2.86. The number of halogens is 2. The van der Waals surface area contributed by atoms with Gasteiger partial charge in [-0.2, -0.15) is 0 Å². The molecule has 0 radical (unpaired) electrons. The van der Waals surface area contributed by atoms with Gasteiger partial charge in [-0.05, 0) is 21.8 Å². The van der Waals surface area contributed by atoms with E-state index >= 15 is 0 Å². The molecule has 1 heterocycles. The molecule has 0 aromatic carbocycles. The minimum absolute atomic E-state index is 0.0515. The summed E-state index contributed by atoms with van der Waals surface area (Å²) in [5.74, 6) is 0.340. The highest BCUT2D eigenvalue weighted by molar-refractivity contribution is 9.10. The Morgan fingerprint density at radius 3 is 2.79 bits per heavy atom. The number of aromatic nitrogens is 1. The van der Waals surface area contributed by atoms with Gasteiger partial charge >= 0.3 is 0 Å². The number of hydrogen-bond donors (Lipinski definition) is 0. The minimum Gasteiger partial charge on any atom is -0.221 e. The van der Waals surface area contributed by atoms with Crippen molar-refractivity contribution in [2.75, 3.05) is 11.6 Å². The average molecular weight is 319 g/mol. The van der Waals surface area contributed by atoms with Crippen LogP contribution < -0.4 is 0 Å². The fourth-order valence-corrected chi connectivity index (χ4v) is 4.39. The third kappa shape index (κ3) is 3.18. The monoisotopic (exact) mass is 317 g/mol. The summed E-state index contributed by atoms with van der Waals surface area (Å²) >= 11 is 9.80. The first-order valence-corrected chi connectivity index (χ1v) is 7.71. The molecule has 14 heavy (non-hydrogen) atoms. The summed E-state index contributed by atoms with van der Waals surface area (Å²) in [5.41, 5.74) is 0. The van der Waals surface area contributed by atoms with Gasteiger partial charge in [-0.25, -0.2) is 13.4 Å². The molecule has 1 aromatic heterocycles. The number of hydrogen-bond acceptors (Lipinski definition) is 4. The van der Waals surface area contributed by atoms with Crippen LogP contribution >= 0.6 is 38.9 Å². The maximum Gasteiger partial charge on any atom is 0.210 e. The first-order valence-electron chi connectivity index (χ1n) is 3.85. The van der Waals surface area contributed by atoms with Crippen LogP contribution in [-0.4, -0.2) is 25.0 Å². The minimum atomic E-state index is -3.26. The van der Waals surface area contributed by atoms with Crippen molar-refractivity contribution in [3.05, 3.63) is 9.98 Å². The Morgan fingerprint density at radius 2 is 2.36 bits per heavy atom. The molecule has 0 aliphatic heterocycles.